The number of likely N-dealkylation sites (tertiary alicyclic amines) is 1. The Labute approximate surface area is 171 Å². The number of fused-ring (bicyclic) bond motifs is 1. The maximum absolute atomic E-state index is 5.33. The van der Waals surface area contributed by atoms with Crippen LogP contribution in [0.4, 0.5) is 0 Å². The molecule has 2 aromatic rings. The summed E-state index contributed by atoms with van der Waals surface area (Å²) in [5.74, 6) is 4.67. The van der Waals surface area contributed by atoms with Crippen molar-refractivity contribution >= 4 is 29.9 Å². The van der Waals surface area contributed by atoms with E-state index in [1.807, 2.05) is 12.1 Å². The molecular formula is C18H27IN6O. The minimum Gasteiger partial charge on any atom is -0.461 e. The fraction of sp³-hybridized carbons (Fsp3) is 0.611. The molecule has 1 aliphatic heterocycles. The Balaban J connectivity index is 0.00000196. The van der Waals surface area contributed by atoms with Crippen molar-refractivity contribution in [1.82, 2.24) is 25.4 Å². The van der Waals surface area contributed by atoms with Gasteiger partial charge in [-0.15, -0.1) is 29.1 Å². The first-order valence-corrected chi connectivity index (χ1v) is 9.32. The predicted molar refractivity (Wildman–Crippen MR) is 111 cm³/mol. The van der Waals surface area contributed by atoms with E-state index in [4.69, 9.17) is 9.41 Å². The van der Waals surface area contributed by atoms with Crippen molar-refractivity contribution in [2.75, 3.05) is 19.6 Å². The average Bonchev–Trinajstić information content (AvgIpc) is 3.38. The van der Waals surface area contributed by atoms with Gasteiger partial charge in [-0.2, -0.15) is 0 Å². The summed E-state index contributed by atoms with van der Waals surface area (Å²) in [6.45, 7) is 5.73. The number of hydrogen-bond acceptors (Lipinski definition) is 4. The number of nitrogens with one attached hydrogen (secondary N) is 2. The van der Waals surface area contributed by atoms with Gasteiger partial charge in [0.2, 0.25) is 5.82 Å². The normalized spacial score (nSPS) is 22.8. The highest BCUT2D eigenvalue weighted by Gasteiger charge is 2.35. The summed E-state index contributed by atoms with van der Waals surface area (Å²) < 4.78 is 5.33. The van der Waals surface area contributed by atoms with E-state index in [9.17, 15) is 0 Å². The fourth-order valence-electron chi connectivity index (χ4n) is 4.04. The summed E-state index contributed by atoms with van der Waals surface area (Å²) in [5, 5.41) is 10.6. The van der Waals surface area contributed by atoms with Gasteiger partial charge in [0.1, 0.15) is 12.4 Å². The number of halogens is 1. The van der Waals surface area contributed by atoms with Crippen molar-refractivity contribution in [3.63, 3.8) is 0 Å². The van der Waals surface area contributed by atoms with Crippen LogP contribution in [0.2, 0.25) is 0 Å². The minimum atomic E-state index is 0. The molecule has 1 saturated carbocycles. The van der Waals surface area contributed by atoms with Gasteiger partial charge in [0.05, 0.1) is 6.26 Å². The number of H-pyrrole nitrogens is 1. The summed E-state index contributed by atoms with van der Waals surface area (Å²) in [6.07, 6.45) is 7.14. The summed E-state index contributed by atoms with van der Waals surface area (Å²) in [6, 6.07) is 3.69. The van der Waals surface area contributed by atoms with Crippen molar-refractivity contribution < 1.29 is 4.42 Å². The number of aromatic nitrogens is 3. The van der Waals surface area contributed by atoms with Gasteiger partial charge >= 0.3 is 0 Å². The summed E-state index contributed by atoms with van der Waals surface area (Å²) in [5.41, 5.74) is 0. The van der Waals surface area contributed by atoms with Gasteiger partial charge in [0.25, 0.3) is 0 Å². The molecule has 26 heavy (non-hydrogen) atoms. The largest absolute Gasteiger partial charge is 0.461 e. The lowest BCUT2D eigenvalue weighted by Gasteiger charge is -2.22. The van der Waals surface area contributed by atoms with Gasteiger partial charge in [0, 0.05) is 19.6 Å². The van der Waals surface area contributed by atoms with E-state index in [1.54, 1.807) is 6.26 Å². The zero-order valence-electron chi connectivity index (χ0n) is 15.1. The Kier molecular flexibility index (Phi) is 6.55. The van der Waals surface area contributed by atoms with Gasteiger partial charge < -0.3 is 14.6 Å². The summed E-state index contributed by atoms with van der Waals surface area (Å²) in [4.78, 5) is 11.7. The molecule has 142 valence electrons. The monoisotopic (exact) mass is 470 g/mol. The van der Waals surface area contributed by atoms with Crippen LogP contribution in [0.5, 0.6) is 0 Å². The number of guanidine groups is 1. The molecular weight excluding hydrogens is 443 g/mol. The average molecular weight is 470 g/mol. The van der Waals surface area contributed by atoms with Crippen LogP contribution in [-0.4, -0.2) is 45.7 Å². The van der Waals surface area contributed by atoms with Crippen LogP contribution in [0.25, 0.3) is 11.6 Å². The Hall–Kier alpha value is -1.58. The predicted octanol–water partition coefficient (Wildman–Crippen LogP) is 3.27. The second kappa shape index (κ2) is 8.88. The Morgan fingerprint density at radius 3 is 2.77 bits per heavy atom. The van der Waals surface area contributed by atoms with Crippen LogP contribution < -0.4 is 5.32 Å². The smallest absolute Gasteiger partial charge is 0.216 e. The lowest BCUT2D eigenvalue weighted by molar-refractivity contribution is 0.299. The zero-order chi connectivity index (χ0) is 17.1. The fourth-order valence-corrected chi connectivity index (χ4v) is 4.04. The maximum atomic E-state index is 5.33. The molecule has 0 aromatic carbocycles. The van der Waals surface area contributed by atoms with Gasteiger partial charge in [-0.3, -0.25) is 5.10 Å². The molecule has 2 atom stereocenters. The second-order valence-electron chi connectivity index (χ2n) is 6.96. The van der Waals surface area contributed by atoms with Crippen molar-refractivity contribution in [3.05, 3.63) is 24.2 Å². The standard InChI is InChI=1S/C18H26N6O.HI/c1-2-19-18(24-11-13-6-3-4-7-14(13)12-24)20-10-16-21-17(23-22-16)15-8-5-9-25-15;/h5,8-9,13-14H,2-4,6-7,10-12H2,1H3,(H,19,20)(H,21,22,23);1H. The van der Waals surface area contributed by atoms with Crippen LogP contribution in [0.15, 0.2) is 27.8 Å². The molecule has 1 saturated heterocycles. The molecule has 7 nitrogen and oxygen atoms in total. The highest BCUT2D eigenvalue weighted by molar-refractivity contribution is 14.0. The third-order valence-corrected chi connectivity index (χ3v) is 5.26. The molecule has 4 rings (SSSR count). The van der Waals surface area contributed by atoms with E-state index in [0.717, 1.165) is 43.3 Å². The highest BCUT2D eigenvalue weighted by Crippen LogP contribution is 2.35. The van der Waals surface area contributed by atoms with Crippen LogP contribution in [0, 0.1) is 11.8 Å². The Bertz CT molecular complexity index is 699. The number of furan rings is 1. The number of nitrogens with zero attached hydrogens (tertiary/aromatic N) is 4. The van der Waals surface area contributed by atoms with E-state index >= 15 is 0 Å². The third-order valence-electron chi connectivity index (χ3n) is 5.26. The SMILES string of the molecule is CCNC(=NCc1nc(-c2ccco2)n[nH]1)N1CC2CCCCC2C1.I. The molecule has 8 heteroatoms. The van der Waals surface area contributed by atoms with Crippen molar-refractivity contribution in [3.8, 4) is 11.6 Å². The molecule has 2 aromatic heterocycles. The maximum Gasteiger partial charge on any atom is 0.216 e. The molecule has 0 bridgehead atoms. The van der Waals surface area contributed by atoms with Crippen LogP contribution in [0.1, 0.15) is 38.4 Å². The lowest BCUT2D eigenvalue weighted by atomic mass is 9.82. The molecule has 2 unspecified atom stereocenters. The van der Waals surface area contributed by atoms with Gasteiger partial charge in [-0.25, -0.2) is 9.98 Å². The van der Waals surface area contributed by atoms with Crippen molar-refractivity contribution in [2.45, 2.75) is 39.2 Å². The number of aromatic amines is 1. The van der Waals surface area contributed by atoms with Crippen molar-refractivity contribution in [1.29, 1.82) is 0 Å². The first kappa shape index (κ1) is 19.2. The Morgan fingerprint density at radius 2 is 2.12 bits per heavy atom. The molecule has 0 amide bonds. The number of aliphatic imine (C=N–C) groups is 1. The first-order chi connectivity index (χ1) is 12.3. The molecule has 2 aliphatic rings. The minimum absolute atomic E-state index is 0. The van der Waals surface area contributed by atoms with E-state index in [0.29, 0.717) is 18.1 Å². The topological polar surface area (TPSA) is 82.3 Å². The zero-order valence-corrected chi connectivity index (χ0v) is 17.5. The lowest BCUT2D eigenvalue weighted by Crippen LogP contribution is -2.40. The van der Waals surface area contributed by atoms with E-state index in [-0.39, 0.29) is 24.0 Å². The number of rotatable bonds is 4. The molecule has 2 N–H and O–H groups in total. The molecule has 0 radical (unpaired) electrons. The molecule has 3 heterocycles. The van der Waals surface area contributed by atoms with Crippen molar-refractivity contribution in [2.24, 2.45) is 16.8 Å². The van der Waals surface area contributed by atoms with Gasteiger partial charge in [-0.05, 0) is 43.7 Å². The molecule has 0 spiro atoms. The highest BCUT2D eigenvalue weighted by atomic mass is 127. The van der Waals surface area contributed by atoms with Crippen LogP contribution in [-0.2, 0) is 6.54 Å². The Morgan fingerprint density at radius 1 is 1.35 bits per heavy atom. The second-order valence-corrected chi connectivity index (χ2v) is 6.96. The van der Waals surface area contributed by atoms with Crippen LogP contribution >= 0.6 is 24.0 Å². The first-order valence-electron chi connectivity index (χ1n) is 9.32. The molecule has 2 fully saturated rings. The van der Waals surface area contributed by atoms with Gasteiger partial charge in [-0.1, -0.05) is 12.8 Å². The van der Waals surface area contributed by atoms with Crippen LogP contribution in [0.3, 0.4) is 0 Å². The summed E-state index contributed by atoms with van der Waals surface area (Å²) in [7, 11) is 0. The van der Waals surface area contributed by atoms with E-state index in [2.05, 4.69) is 32.3 Å². The van der Waals surface area contributed by atoms with E-state index < -0.39 is 0 Å². The quantitative estimate of drug-likeness (QED) is 0.407. The van der Waals surface area contributed by atoms with E-state index in [1.165, 1.54) is 25.7 Å². The van der Waals surface area contributed by atoms with Gasteiger partial charge in [0.15, 0.2) is 11.7 Å². The number of hydrogen-bond donors (Lipinski definition) is 2. The summed E-state index contributed by atoms with van der Waals surface area (Å²) >= 11 is 0. The third kappa shape index (κ3) is 4.21. The molecule has 1 aliphatic carbocycles.